The van der Waals surface area contributed by atoms with Gasteiger partial charge in [0.15, 0.2) is 9.84 Å². The second-order valence-electron chi connectivity index (χ2n) is 5.14. The average Bonchev–Trinajstić information content (AvgIpc) is 2.91. The van der Waals surface area contributed by atoms with Gasteiger partial charge in [-0.05, 0) is 44.0 Å². The van der Waals surface area contributed by atoms with Crippen LogP contribution < -0.4 is 10.6 Å². The number of sulfone groups is 1. The molecule has 1 heterocycles. The first-order valence-corrected chi connectivity index (χ1v) is 8.67. The normalized spacial score (nSPS) is 18.9. The fourth-order valence-corrected chi connectivity index (χ4v) is 3.00. The molecule has 1 aliphatic heterocycles. The Hall–Kier alpha value is -1.40. The smallest absolute Gasteiger partial charge is 0.251 e. The van der Waals surface area contributed by atoms with Gasteiger partial charge in [0, 0.05) is 24.4 Å². The number of hydrogen-bond acceptors (Lipinski definition) is 4. The van der Waals surface area contributed by atoms with E-state index in [-0.39, 0.29) is 10.8 Å². The number of rotatable bonds is 5. The lowest BCUT2D eigenvalue weighted by atomic mass is 10.1. The van der Waals surface area contributed by atoms with Crippen LogP contribution in [0.1, 0.15) is 29.6 Å². The van der Waals surface area contributed by atoms with Crippen LogP contribution in [0.4, 0.5) is 0 Å². The van der Waals surface area contributed by atoms with E-state index < -0.39 is 9.84 Å². The third-order valence-corrected chi connectivity index (χ3v) is 4.58. The van der Waals surface area contributed by atoms with Crippen LogP contribution in [0.15, 0.2) is 29.2 Å². The van der Waals surface area contributed by atoms with Gasteiger partial charge in [-0.25, -0.2) is 8.42 Å². The molecule has 2 rings (SSSR count). The zero-order chi connectivity index (χ0) is 14.6. The number of benzene rings is 1. The Kier molecular flexibility index (Phi) is 4.77. The van der Waals surface area contributed by atoms with E-state index in [2.05, 4.69) is 10.6 Å². The highest BCUT2D eigenvalue weighted by Gasteiger charge is 2.15. The van der Waals surface area contributed by atoms with Crippen molar-refractivity contribution in [2.24, 2.45) is 0 Å². The second-order valence-corrected chi connectivity index (χ2v) is 7.15. The molecule has 1 saturated heterocycles. The van der Waals surface area contributed by atoms with Crippen molar-refractivity contribution in [3.63, 3.8) is 0 Å². The van der Waals surface area contributed by atoms with E-state index in [1.807, 2.05) is 0 Å². The third kappa shape index (κ3) is 4.05. The Morgan fingerprint density at radius 3 is 2.90 bits per heavy atom. The Bertz CT molecular complexity index is 578. The van der Waals surface area contributed by atoms with Gasteiger partial charge in [-0.1, -0.05) is 6.07 Å². The lowest BCUT2D eigenvalue weighted by molar-refractivity contribution is 0.0952. The molecule has 1 fully saturated rings. The van der Waals surface area contributed by atoms with Crippen molar-refractivity contribution in [2.45, 2.75) is 30.2 Å². The molecule has 20 heavy (non-hydrogen) atoms. The Morgan fingerprint density at radius 1 is 1.45 bits per heavy atom. The van der Waals surface area contributed by atoms with Gasteiger partial charge in [0.25, 0.3) is 5.91 Å². The highest BCUT2D eigenvalue weighted by atomic mass is 32.2. The second kappa shape index (κ2) is 6.37. The zero-order valence-corrected chi connectivity index (χ0v) is 12.4. The summed E-state index contributed by atoms with van der Waals surface area (Å²) in [7, 11) is -3.28. The minimum Gasteiger partial charge on any atom is -0.352 e. The van der Waals surface area contributed by atoms with Gasteiger partial charge >= 0.3 is 0 Å². The van der Waals surface area contributed by atoms with Crippen molar-refractivity contribution >= 4 is 15.7 Å². The SMILES string of the molecule is CS(=O)(=O)c1cccc(C(=O)NCCC2CCCN2)c1. The third-order valence-electron chi connectivity index (χ3n) is 3.47. The number of carbonyl (C=O) groups excluding carboxylic acids is 1. The summed E-state index contributed by atoms with van der Waals surface area (Å²) < 4.78 is 22.9. The van der Waals surface area contributed by atoms with E-state index in [0.717, 1.165) is 25.6 Å². The van der Waals surface area contributed by atoms with Crippen molar-refractivity contribution in [3.8, 4) is 0 Å². The molecule has 0 radical (unpaired) electrons. The largest absolute Gasteiger partial charge is 0.352 e. The average molecular weight is 296 g/mol. The lowest BCUT2D eigenvalue weighted by Gasteiger charge is -2.11. The van der Waals surface area contributed by atoms with Crippen LogP contribution in [0.25, 0.3) is 0 Å². The van der Waals surface area contributed by atoms with Crippen molar-refractivity contribution in [2.75, 3.05) is 19.3 Å². The monoisotopic (exact) mass is 296 g/mol. The molecule has 1 aromatic rings. The number of amides is 1. The lowest BCUT2D eigenvalue weighted by Crippen LogP contribution is -2.30. The molecule has 1 aliphatic rings. The van der Waals surface area contributed by atoms with E-state index >= 15 is 0 Å². The van der Waals surface area contributed by atoms with Gasteiger partial charge < -0.3 is 10.6 Å². The van der Waals surface area contributed by atoms with Gasteiger partial charge in [0.1, 0.15) is 0 Å². The number of hydrogen-bond donors (Lipinski definition) is 2. The fraction of sp³-hybridized carbons (Fsp3) is 0.500. The van der Waals surface area contributed by atoms with Crippen molar-refractivity contribution in [1.82, 2.24) is 10.6 Å². The minimum absolute atomic E-state index is 0.169. The van der Waals surface area contributed by atoms with Crippen molar-refractivity contribution in [3.05, 3.63) is 29.8 Å². The maximum Gasteiger partial charge on any atom is 0.251 e. The molecule has 0 saturated carbocycles. The van der Waals surface area contributed by atoms with Crippen LogP contribution in [-0.2, 0) is 9.84 Å². The van der Waals surface area contributed by atoms with Crippen LogP contribution in [0.5, 0.6) is 0 Å². The Labute approximate surface area is 119 Å². The predicted octanol–water partition coefficient (Wildman–Crippen LogP) is 0.962. The van der Waals surface area contributed by atoms with Crippen LogP contribution in [-0.4, -0.2) is 39.7 Å². The summed E-state index contributed by atoms with van der Waals surface area (Å²) in [5, 5.41) is 6.20. The molecule has 1 atom stereocenters. The summed E-state index contributed by atoms with van der Waals surface area (Å²) in [6, 6.07) is 6.60. The predicted molar refractivity (Wildman–Crippen MR) is 77.5 cm³/mol. The molecule has 5 nitrogen and oxygen atoms in total. The van der Waals surface area contributed by atoms with Crippen LogP contribution >= 0.6 is 0 Å². The molecular weight excluding hydrogens is 276 g/mol. The fourth-order valence-electron chi connectivity index (χ4n) is 2.33. The highest BCUT2D eigenvalue weighted by molar-refractivity contribution is 7.90. The summed E-state index contributed by atoms with van der Waals surface area (Å²) in [6.45, 7) is 1.65. The molecule has 110 valence electrons. The van der Waals surface area contributed by atoms with Gasteiger partial charge in [-0.3, -0.25) is 4.79 Å². The van der Waals surface area contributed by atoms with E-state index in [1.165, 1.54) is 18.6 Å². The molecule has 1 amide bonds. The summed E-state index contributed by atoms with van der Waals surface area (Å²) in [5.41, 5.74) is 0.382. The van der Waals surface area contributed by atoms with Gasteiger partial charge in [0.05, 0.1) is 4.90 Å². The Balaban J connectivity index is 1.92. The molecule has 0 bridgehead atoms. The summed E-state index contributed by atoms with van der Waals surface area (Å²) in [4.78, 5) is 12.1. The summed E-state index contributed by atoms with van der Waals surface area (Å²) in [6.07, 6.45) is 4.38. The zero-order valence-electron chi connectivity index (χ0n) is 11.6. The van der Waals surface area contributed by atoms with E-state index in [4.69, 9.17) is 0 Å². The maximum absolute atomic E-state index is 12.0. The van der Waals surface area contributed by atoms with Gasteiger partial charge in [-0.2, -0.15) is 0 Å². The number of carbonyl (C=O) groups is 1. The highest BCUT2D eigenvalue weighted by Crippen LogP contribution is 2.11. The van der Waals surface area contributed by atoms with Crippen LogP contribution in [0.3, 0.4) is 0 Å². The van der Waals surface area contributed by atoms with Gasteiger partial charge in [0.2, 0.25) is 0 Å². The molecular formula is C14H20N2O3S. The quantitative estimate of drug-likeness (QED) is 0.849. The first-order chi connectivity index (χ1) is 9.47. The minimum atomic E-state index is -3.28. The first kappa shape index (κ1) is 15.0. The molecule has 0 aromatic heterocycles. The summed E-state index contributed by atoms with van der Waals surface area (Å²) in [5.74, 6) is -0.228. The van der Waals surface area contributed by atoms with Crippen LogP contribution in [0, 0.1) is 0 Å². The topological polar surface area (TPSA) is 75.3 Å². The molecule has 1 unspecified atom stereocenters. The molecule has 0 spiro atoms. The van der Waals surface area contributed by atoms with Crippen molar-refractivity contribution in [1.29, 1.82) is 0 Å². The maximum atomic E-state index is 12.0. The molecule has 0 aliphatic carbocycles. The standard InChI is InChI=1S/C14H20N2O3S/c1-20(18,19)13-6-2-4-11(10-13)14(17)16-9-7-12-5-3-8-15-12/h2,4,6,10,12,15H,3,5,7-9H2,1H3,(H,16,17). The summed E-state index contributed by atoms with van der Waals surface area (Å²) >= 11 is 0. The molecule has 6 heteroatoms. The van der Waals surface area contributed by atoms with Gasteiger partial charge in [-0.15, -0.1) is 0 Å². The van der Waals surface area contributed by atoms with E-state index in [1.54, 1.807) is 12.1 Å². The Morgan fingerprint density at radius 2 is 2.25 bits per heavy atom. The first-order valence-electron chi connectivity index (χ1n) is 6.78. The van der Waals surface area contributed by atoms with E-state index in [9.17, 15) is 13.2 Å². The molecule has 2 N–H and O–H groups in total. The molecule has 1 aromatic carbocycles. The van der Waals surface area contributed by atoms with Crippen molar-refractivity contribution < 1.29 is 13.2 Å². The number of nitrogens with one attached hydrogen (secondary N) is 2. The van der Waals surface area contributed by atoms with Crippen LogP contribution in [0.2, 0.25) is 0 Å². The van der Waals surface area contributed by atoms with E-state index in [0.29, 0.717) is 18.2 Å².